The smallest absolute Gasteiger partial charge is 0.321 e. The Morgan fingerprint density at radius 3 is 1.41 bits per heavy atom. The van der Waals surface area contributed by atoms with Gasteiger partial charge in [0, 0.05) is 28.2 Å². The number of benzene rings is 2. The highest BCUT2D eigenvalue weighted by molar-refractivity contribution is 7.91. The Balaban J connectivity index is 2.45. The van der Waals surface area contributed by atoms with Crippen LogP contribution in [0.3, 0.4) is 0 Å². The zero-order valence-electron chi connectivity index (χ0n) is 16.3. The third kappa shape index (κ3) is 4.88. The molecule has 0 radical (unpaired) electrons. The van der Waals surface area contributed by atoms with Crippen LogP contribution < -0.4 is 10.6 Å². The van der Waals surface area contributed by atoms with E-state index in [1.807, 2.05) is 0 Å². The molecule has 0 saturated heterocycles. The standard InChI is InChI=1S/C18H22N4O6S/c1-21(2)17(25)19-13-9-11(5-7-15(13)23)29(27,28)12-6-8-16(24)14(10-12)20-18(26)22(3)4/h5-10,23-24H,1-4H3,(H,19,25)(H,20,26). The van der Waals surface area contributed by atoms with Crippen molar-refractivity contribution < 1.29 is 28.2 Å². The number of amides is 4. The predicted octanol–water partition coefficient (Wildman–Crippen LogP) is 2.12. The Morgan fingerprint density at radius 1 is 0.759 bits per heavy atom. The molecule has 0 saturated carbocycles. The molecule has 0 fully saturated rings. The third-order valence-electron chi connectivity index (χ3n) is 3.85. The summed E-state index contributed by atoms with van der Waals surface area (Å²) >= 11 is 0. The third-order valence-corrected chi connectivity index (χ3v) is 5.60. The molecule has 0 aliphatic heterocycles. The monoisotopic (exact) mass is 422 g/mol. The van der Waals surface area contributed by atoms with Crippen molar-refractivity contribution in [3.63, 3.8) is 0 Å². The fourth-order valence-corrected chi connectivity index (χ4v) is 3.47. The van der Waals surface area contributed by atoms with Gasteiger partial charge in [-0.1, -0.05) is 0 Å². The van der Waals surface area contributed by atoms with Crippen molar-refractivity contribution in [2.45, 2.75) is 9.79 Å². The zero-order valence-corrected chi connectivity index (χ0v) is 17.1. The van der Waals surface area contributed by atoms with Crippen LogP contribution in [0.15, 0.2) is 46.2 Å². The van der Waals surface area contributed by atoms with Gasteiger partial charge < -0.3 is 30.6 Å². The quantitative estimate of drug-likeness (QED) is 0.557. The number of hydrogen-bond donors (Lipinski definition) is 4. The minimum absolute atomic E-state index is 0.0790. The van der Waals surface area contributed by atoms with Crippen LogP contribution in [0, 0.1) is 0 Å². The van der Waals surface area contributed by atoms with Gasteiger partial charge in [0.25, 0.3) is 0 Å². The summed E-state index contributed by atoms with van der Waals surface area (Å²) in [6.45, 7) is 0. The van der Waals surface area contributed by atoms with Gasteiger partial charge in [0.2, 0.25) is 9.84 Å². The molecule has 0 spiro atoms. The maximum absolute atomic E-state index is 13.0. The Bertz CT molecular complexity index is 973. The normalized spacial score (nSPS) is 10.9. The maximum atomic E-state index is 13.0. The number of phenols is 2. The number of carbonyl (C=O) groups is 2. The van der Waals surface area contributed by atoms with Crippen molar-refractivity contribution in [1.82, 2.24) is 9.80 Å². The lowest BCUT2D eigenvalue weighted by molar-refractivity contribution is 0.230. The lowest BCUT2D eigenvalue weighted by Crippen LogP contribution is -2.27. The summed E-state index contributed by atoms with van der Waals surface area (Å²) in [6.07, 6.45) is 0. The number of nitrogens with zero attached hydrogens (tertiary/aromatic N) is 2. The van der Waals surface area contributed by atoms with E-state index in [0.717, 1.165) is 24.3 Å². The second-order valence-corrected chi connectivity index (χ2v) is 8.46. The molecule has 29 heavy (non-hydrogen) atoms. The SMILES string of the molecule is CN(C)C(=O)Nc1cc(S(=O)(=O)c2ccc(O)c(NC(=O)N(C)C)c2)ccc1O. The van der Waals surface area contributed by atoms with E-state index in [1.165, 1.54) is 50.1 Å². The van der Waals surface area contributed by atoms with Gasteiger partial charge in [-0.2, -0.15) is 0 Å². The van der Waals surface area contributed by atoms with Gasteiger partial charge in [-0.3, -0.25) is 0 Å². The van der Waals surface area contributed by atoms with E-state index in [-0.39, 0.29) is 32.7 Å². The van der Waals surface area contributed by atoms with Crippen LogP contribution in [-0.2, 0) is 9.84 Å². The van der Waals surface area contributed by atoms with E-state index in [4.69, 9.17) is 0 Å². The van der Waals surface area contributed by atoms with Gasteiger partial charge >= 0.3 is 12.1 Å². The molecule has 0 aliphatic rings. The van der Waals surface area contributed by atoms with E-state index in [1.54, 1.807) is 0 Å². The number of urea groups is 2. The predicted molar refractivity (Wildman–Crippen MR) is 107 cm³/mol. The fraction of sp³-hybridized carbons (Fsp3) is 0.222. The molecule has 10 nitrogen and oxygen atoms in total. The van der Waals surface area contributed by atoms with Crippen LogP contribution >= 0.6 is 0 Å². The van der Waals surface area contributed by atoms with Gasteiger partial charge in [-0.15, -0.1) is 0 Å². The summed E-state index contributed by atoms with van der Waals surface area (Å²) in [7, 11) is 1.89. The van der Waals surface area contributed by atoms with Crippen molar-refractivity contribution in [2.75, 3.05) is 38.8 Å². The number of carbonyl (C=O) groups excluding carboxylic acids is 2. The van der Waals surface area contributed by atoms with Crippen LogP contribution in [0.1, 0.15) is 0 Å². The molecular formula is C18H22N4O6S. The molecule has 4 N–H and O–H groups in total. The average Bonchev–Trinajstić information content (AvgIpc) is 2.64. The van der Waals surface area contributed by atoms with E-state index < -0.39 is 21.9 Å². The maximum Gasteiger partial charge on any atom is 0.321 e. The van der Waals surface area contributed by atoms with Crippen LogP contribution in [0.2, 0.25) is 0 Å². The number of nitrogens with one attached hydrogen (secondary N) is 2. The molecule has 11 heteroatoms. The van der Waals surface area contributed by atoms with Gasteiger partial charge in [0.15, 0.2) is 0 Å². The first-order valence-corrected chi connectivity index (χ1v) is 9.79. The number of aromatic hydroxyl groups is 2. The molecular weight excluding hydrogens is 400 g/mol. The second kappa shape index (κ2) is 8.27. The lowest BCUT2D eigenvalue weighted by Gasteiger charge is -2.15. The van der Waals surface area contributed by atoms with Gasteiger partial charge in [-0.25, -0.2) is 18.0 Å². The first-order chi connectivity index (χ1) is 13.4. The summed E-state index contributed by atoms with van der Waals surface area (Å²) in [5.41, 5.74) is -0.158. The molecule has 0 atom stereocenters. The van der Waals surface area contributed by atoms with Crippen molar-refractivity contribution in [3.05, 3.63) is 36.4 Å². The lowest BCUT2D eigenvalue weighted by atomic mass is 10.3. The number of sulfone groups is 1. The Morgan fingerprint density at radius 2 is 1.10 bits per heavy atom. The molecule has 0 heterocycles. The highest BCUT2D eigenvalue weighted by atomic mass is 32.2. The van der Waals surface area contributed by atoms with Crippen molar-refractivity contribution >= 4 is 33.3 Å². The molecule has 0 unspecified atom stereocenters. The Hall–Kier alpha value is -3.47. The number of anilines is 2. The molecule has 0 aliphatic carbocycles. The molecule has 2 aromatic rings. The molecule has 0 bridgehead atoms. The highest BCUT2D eigenvalue weighted by Crippen LogP contribution is 2.33. The molecule has 0 aromatic heterocycles. The summed E-state index contributed by atoms with van der Waals surface area (Å²) in [6, 6.07) is 5.80. The van der Waals surface area contributed by atoms with Crippen molar-refractivity contribution in [3.8, 4) is 11.5 Å². The zero-order chi connectivity index (χ0) is 21.9. The minimum atomic E-state index is -4.08. The summed E-state index contributed by atoms with van der Waals surface area (Å²) in [5.74, 6) is -0.604. The van der Waals surface area contributed by atoms with Crippen LogP contribution in [-0.4, -0.2) is 68.7 Å². The van der Waals surface area contributed by atoms with E-state index >= 15 is 0 Å². The van der Waals surface area contributed by atoms with E-state index in [9.17, 15) is 28.2 Å². The second-order valence-electron chi connectivity index (χ2n) is 6.51. The molecule has 2 aromatic carbocycles. The first-order valence-electron chi connectivity index (χ1n) is 8.31. The topological polar surface area (TPSA) is 139 Å². The van der Waals surface area contributed by atoms with Gasteiger partial charge in [0.05, 0.1) is 21.2 Å². The van der Waals surface area contributed by atoms with Crippen LogP contribution in [0.4, 0.5) is 21.0 Å². The number of hydrogen-bond acceptors (Lipinski definition) is 6. The van der Waals surface area contributed by atoms with Crippen LogP contribution in [0.5, 0.6) is 11.5 Å². The summed E-state index contributed by atoms with van der Waals surface area (Å²) in [4.78, 5) is 25.7. The van der Waals surface area contributed by atoms with E-state index in [0.29, 0.717) is 0 Å². The minimum Gasteiger partial charge on any atom is -0.506 e. The van der Waals surface area contributed by atoms with Crippen molar-refractivity contribution in [2.24, 2.45) is 0 Å². The fourth-order valence-electron chi connectivity index (χ4n) is 2.15. The van der Waals surface area contributed by atoms with Crippen molar-refractivity contribution in [1.29, 1.82) is 0 Å². The average molecular weight is 422 g/mol. The Labute approximate surface area is 168 Å². The first kappa shape index (κ1) is 21.8. The number of phenolic OH excluding ortho intramolecular Hbond substituents is 2. The van der Waals surface area contributed by atoms with E-state index in [2.05, 4.69) is 10.6 Å². The summed E-state index contributed by atoms with van der Waals surface area (Å²) < 4.78 is 26.0. The van der Waals surface area contributed by atoms with Gasteiger partial charge in [-0.05, 0) is 36.4 Å². The highest BCUT2D eigenvalue weighted by Gasteiger charge is 2.22. The van der Waals surface area contributed by atoms with Gasteiger partial charge in [0.1, 0.15) is 11.5 Å². The largest absolute Gasteiger partial charge is 0.506 e. The molecule has 4 amide bonds. The molecule has 2 rings (SSSR count). The molecule has 156 valence electrons. The summed E-state index contributed by atoms with van der Waals surface area (Å²) in [5, 5.41) is 24.6. The number of rotatable bonds is 4. The Kier molecular flexibility index (Phi) is 6.22. The van der Waals surface area contributed by atoms with Crippen LogP contribution in [0.25, 0.3) is 0 Å².